The van der Waals surface area contributed by atoms with Crippen LogP contribution >= 0.6 is 0 Å². The van der Waals surface area contributed by atoms with Gasteiger partial charge in [0.2, 0.25) is 5.91 Å². The molecule has 0 atom stereocenters. The van der Waals surface area contributed by atoms with E-state index in [4.69, 9.17) is 5.26 Å². The van der Waals surface area contributed by atoms with Crippen molar-refractivity contribution in [2.24, 2.45) is 0 Å². The molecule has 0 aliphatic carbocycles. The number of nitrogens with one attached hydrogen (secondary N) is 1. The Hall–Kier alpha value is -2.26. The molecule has 0 fully saturated rings. The van der Waals surface area contributed by atoms with Crippen LogP contribution in [0.3, 0.4) is 0 Å². The zero-order valence-corrected chi connectivity index (χ0v) is 9.79. The number of carbonyl (C=O) groups excluding carboxylic acids is 1. The maximum absolute atomic E-state index is 10.6. The van der Waals surface area contributed by atoms with E-state index in [1.807, 2.05) is 24.3 Å². The quantitative estimate of drug-likeness (QED) is 0.629. The molecule has 1 amide bonds. The van der Waals surface area contributed by atoms with Gasteiger partial charge in [0.05, 0.1) is 12.5 Å². The standard InChI is InChI=1S/C14H14N2O/c1-12(17)16-11-3-2-4-13-5-7-14(8-6-13)9-10-15/h5-8H,3,9,11H2,1H3,(H,16,17). The summed E-state index contributed by atoms with van der Waals surface area (Å²) in [5, 5.41) is 11.2. The zero-order valence-electron chi connectivity index (χ0n) is 9.79. The smallest absolute Gasteiger partial charge is 0.216 e. The molecule has 0 saturated carbocycles. The SMILES string of the molecule is CC(=O)NCCC#Cc1ccc(CC#N)cc1. The molecule has 86 valence electrons. The minimum atomic E-state index is -0.0346. The molecular formula is C14H14N2O. The van der Waals surface area contributed by atoms with Gasteiger partial charge < -0.3 is 5.32 Å². The predicted molar refractivity (Wildman–Crippen MR) is 65.9 cm³/mol. The van der Waals surface area contributed by atoms with Gasteiger partial charge in [-0.1, -0.05) is 24.0 Å². The predicted octanol–water partition coefficient (Wildman–Crippen LogP) is 1.63. The van der Waals surface area contributed by atoms with Crippen LogP contribution in [0.15, 0.2) is 24.3 Å². The molecule has 0 aromatic heterocycles. The summed E-state index contributed by atoms with van der Waals surface area (Å²) in [7, 11) is 0. The highest BCUT2D eigenvalue weighted by Gasteiger charge is 1.91. The van der Waals surface area contributed by atoms with E-state index >= 15 is 0 Å². The first-order valence-electron chi connectivity index (χ1n) is 5.41. The molecule has 17 heavy (non-hydrogen) atoms. The molecule has 1 rings (SSSR count). The summed E-state index contributed by atoms with van der Waals surface area (Å²) in [5.41, 5.74) is 1.92. The van der Waals surface area contributed by atoms with E-state index in [-0.39, 0.29) is 5.91 Å². The number of nitriles is 1. The van der Waals surface area contributed by atoms with Gasteiger partial charge in [0.25, 0.3) is 0 Å². The second-order valence-electron chi connectivity index (χ2n) is 3.57. The lowest BCUT2D eigenvalue weighted by atomic mass is 10.1. The lowest BCUT2D eigenvalue weighted by molar-refractivity contribution is -0.118. The Morgan fingerprint density at radius 2 is 2.06 bits per heavy atom. The molecule has 1 aromatic carbocycles. The molecule has 0 radical (unpaired) electrons. The van der Waals surface area contributed by atoms with Gasteiger partial charge in [-0.15, -0.1) is 0 Å². The first kappa shape index (κ1) is 12.8. The van der Waals surface area contributed by atoms with E-state index in [0.717, 1.165) is 11.1 Å². The van der Waals surface area contributed by atoms with E-state index in [2.05, 4.69) is 23.2 Å². The van der Waals surface area contributed by atoms with Crippen LogP contribution in [-0.4, -0.2) is 12.5 Å². The fourth-order valence-electron chi connectivity index (χ4n) is 1.26. The Morgan fingerprint density at radius 1 is 1.35 bits per heavy atom. The maximum atomic E-state index is 10.6. The Bertz CT molecular complexity index is 472. The fourth-order valence-corrected chi connectivity index (χ4v) is 1.26. The van der Waals surface area contributed by atoms with E-state index in [1.54, 1.807) is 0 Å². The molecular weight excluding hydrogens is 212 g/mol. The van der Waals surface area contributed by atoms with E-state index in [1.165, 1.54) is 6.92 Å². The van der Waals surface area contributed by atoms with E-state index in [0.29, 0.717) is 19.4 Å². The second-order valence-corrected chi connectivity index (χ2v) is 3.57. The van der Waals surface area contributed by atoms with Gasteiger partial charge in [0, 0.05) is 25.5 Å². The normalized spacial score (nSPS) is 8.71. The van der Waals surface area contributed by atoms with Crippen LogP contribution < -0.4 is 5.32 Å². The van der Waals surface area contributed by atoms with Crippen LogP contribution in [0.5, 0.6) is 0 Å². The minimum absolute atomic E-state index is 0.0346. The average Bonchev–Trinajstić information content (AvgIpc) is 2.31. The lowest BCUT2D eigenvalue weighted by Gasteiger charge is -1.95. The van der Waals surface area contributed by atoms with Crippen molar-refractivity contribution in [1.29, 1.82) is 5.26 Å². The summed E-state index contributed by atoms with van der Waals surface area (Å²) in [6, 6.07) is 9.71. The van der Waals surface area contributed by atoms with Crippen molar-refractivity contribution in [2.45, 2.75) is 19.8 Å². The number of rotatable bonds is 3. The van der Waals surface area contributed by atoms with Crippen molar-refractivity contribution in [3.63, 3.8) is 0 Å². The summed E-state index contributed by atoms with van der Waals surface area (Å²) in [6.45, 7) is 2.07. The van der Waals surface area contributed by atoms with Gasteiger partial charge in [-0.3, -0.25) is 4.79 Å². The molecule has 0 aliphatic heterocycles. The average molecular weight is 226 g/mol. The highest BCUT2D eigenvalue weighted by molar-refractivity contribution is 5.72. The van der Waals surface area contributed by atoms with Gasteiger partial charge in [-0.05, 0) is 17.7 Å². The number of benzene rings is 1. The number of hydrogen-bond acceptors (Lipinski definition) is 2. The first-order chi connectivity index (χ1) is 8.22. The lowest BCUT2D eigenvalue weighted by Crippen LogP contribution is -2.20. The molecule has 0 spiro atoms. The van der Waals surface area contributed by atoms with E-state index < -0.39 is 0 Å². The molecule has 3 nitrogen and oxygen atoms in total. The Labute approximate surface area is 101 Å². The Balaban J connectivity index is 2.44. The summed E-state index contributed by atoms with van der Waals surface area (Å²) >= 11 is 0. The number of amides is 1. The Morgan fingerprint density at radius 3 is 2.65 bits per heavy atom. The highest BCUT2D eigenvalue weighted by Crippen LogP contribution is 2.03. The van der Waals surface area contributed by atoms with Crippen LogP contribution in [0.25, 0.3) is 0 Å². The molecule has 0 heterocycles. The monoisotopic (exact) mass is 226 g/mol. The number of carbonyl (C=O) groups is 1. The van der Waals surface area contributed by atoms with Gasteiger partial charge in [-0.25, -0.2) is 0 Å². The molecule has 1 aromatic rings. The molecule has 1 N–H and O–H groups in total. The summed E-state index contributed by atoms with van der Waals surface area (Å²) < 4.78 is 0. The minimum Gasteiger partial charge on any atom is -0.355 e. The number of nitrogens with zero attached hydrogens (tertiary/aromatic N) is 1. The van der Waals surface area contributed by atoms with Gasteiger partial charge in [0.1, 0.15) is 0 Å². The zero-order chi connectivity index (χ0) is 12.5. The second kappa shape index (κ2) is 7.09. The van der Waals surface area contributed by atoms with Gasteiger partial charge in [-0.2, -0.15) is 5.26 Å². The van der Waals surface area contributed by atoms with Crippen molar-refractivity contribution in [3.8, 4) is 17.9 Å². The van der Waals surface area contributed by atoms with Crippen LogP contribution in [0, 0.1) is 23.2 Å². The van der Waals surface area contributed by atoms with Crippen molar-refractivity contribution in [1.82, 2.24) is 5.32 Å². The van der Waals surface area contributed by atoms with Crippen molar-refractivity contribution in [2.75, 3.05) is 6.54 Å². The van der Waals surface area contributed by atoms with Gasteiger partial charge in [0.15, 0.2) is 0 Å². The molecule has 0 bridgehead atoms. The van der Waals surface area contributed by atoms with Crippen LogP contribution in [-0.2, 0) is 11.2 Å². The maximum Gasteiger partial charge on any atom is 0.216 e. The summed E-state index contributed by atoms with van der Waals surface area (Å²) in [5.74, 6) is 5.95. The molecule has 0 saturated heterocycles. The molecule has 0 unspecified atom stereocenters. The highest BCUT2D eigenvalue weighted by atomic mass is 16.1. The van der Waals surface area contributed by atoms with E-state index in [9.17, 15) is 4.79 Å². The molecule has 3 heteroatoms. The van der Waals surface area contributed by atoms with Crippen molar-refractivity contribution < 1.29 is 4.79 Å². The topological polar surface area (TPSA) is 52.9 Å². The third-order valence-electron chi connectivity index (χ3n) is 2.09. The third-order valence-corrected chi connectivity index (χ3v) is 2.09. The van der Waals surface area contributed by atoms with Crippen molar-refractivity contribution >= 4 is 5.91 Å². The van der Waals surface area contributed by atoms with Crippen LogP contribution in [0.4, 0.5) is 0 Å². The summed E-state index contributed by atoms with van der Waals surface area (Å²) in [6.07, 6.45) is 1.07. The number of hydrogen-bond donors (Lipinski definition) is 1. The largest absolute Gasteiger partial charge is 0.355 e. The van der Waals surface area contributed by atoms with Gasteiger partial charge >= 0.3 is 0 Å². The van der Waals surface area contributed by atoms with Crippen LogP contribution in [0.2, 0.25) is 0 Å². The fraction of sp³-hybridized carbons (Fsp3) is 0.286. The molecule has 0 aliphatic rings. The van der Waals surface area contributed by atoms with Crippen LogP contribution in [0.1, 0.15) is 24.5 Å². The third kappa shape index (κ3) is 5.39. The summed E-state index contributed by atoms with van der Waals surface area (Å²) in [4.78, 5) is 10.6. The van der Waals surface area contributed by atoms with Crippen molar-refractivity contribution in [3.05, 3.63) is 35.4 Å². The first-order valence-corrected chi connectivity index (χ1v) is 5.41. The Kier molecular flexibility index (Phi) is 5.34.